The number of carbonyl (C=O) groups is 1. The third-order valence-corrected chi connectivity index (χ3v) is 3.14. The lowest BCUT2D eigenvalue weighted by atomic mass is 10.1. The van der Waals surface area contributed by atoms with E-state index < -0.39 is 12.1 Å². The van der Waals surface area contributed by atoms with Gasteiger partial charge in [-0.25, -0.2) is 4.79 Å². The number of aromatic nitrogens is 1. The van der Waals surface area contributed by atoms with E-state index in [0.29, 0.717) is 23.0 Å². The molecule has 2 rings (SSSR count). The quantitative estimate of drug-likeness (QED) is 0.777. The Morgan fingerprint density at radius 2 is 2.11 bits per heavy atom. The van der Waals surface area contributed by atoms with Crippen molar-refractivity contribution in [2.75, 3.05) is 0 Å². The largest absolute Gasteiger partial charge is 0.508 e. The van der Waals surface area contributed by atoms with Gasteiger partial charge in [0.05, 0.1) is 17.4 Å². The molecule has 0 fully saturated rings. The van der Waals surface area contributed by atoms with Crippen LogP contribution in [0.25, 0.3) is 10.9 Å². The van der Waals surface area contributed by atoms with Crippen molar-refractivity contribution in [3.8, 4) is 5.75 Å². The lowest BCUT2D eigenvalue weighted by Crippen LogP contribution is -2.09. The molecule has 5 heteroatoms. The van der Waals surface area contributed by atoms with Gasteiger partial charge in [-0.2, -0.15) is 0 Å². The maximum absolute atomic E-state index is 11.4. The second-order valence-electron chi connectivity index (χ2n) is 4.25. The molecule has 96 valence electrons. The zero-order chi connectivity index (χ0) is 13.4. The van der Waals surface area contributed by atoms with Crippen LogP contribution in [0.4, 0.5) is 0 Å². The van der Waals surface area contributed by atoms with E-state index in [1.807, 2.05) is 0 Å². The van der Waals surface area contributed by atoms with Crippen LogP contribution >= 0.6 is 0 Å². The number of rotatable bonds is 3. The smallest absolute Gasteiger partial charge is 0.338 e. The van der Waals surface area contributed by atoms with E-state index in [4.69, 9.17) is 0 Å². The number of nitrogens with zero attached hydrogens (tertiary/aromatic N) is 1. The number of fused-ring (bicyclic) bond motifs is 1. The third kappa shape index (κ3) is 1.73. The Bertz CT molecular complexity index is 615. The molecule has 1 atom stereocenters. The zero-order valence-electron chi connectivity index (χ0n) is 10.2. The van der Waals surface area contributed by atoms with Crippen molar-refractivity contribution in [3.05, 3.63) is 29.5 Å². The second kappa shape index (κ2) is 4.34. The van der Waals surface area contributed by atoms with Crippen LogP contribution in [0.3, 0.4) is 0 Å². The Hall–Kier alpha value is -2.01. The van der Waals surface area contributed by atoms with E-state index in [-0.39, 0.29) is 11.3 Å². The van der Waals surface area contributed by atoms with E-state index in [0.717, 1.165) is 0 Å². The molecule has 1 aromatic heterocycles. The number of phenols is 1. The van der Waals surface area contributed by atoms with Gasteiger partial charge in [0.2, 0.25) is 0 Å². The molecule has 1 heterocycles. The van der Waals surface area contributed by atoms with Crippen molar-refractivity contribution in [3.63, 3.8) is 0 Å². The molecule has 5 nitrogen and oxygen atoms in total. The maximum Gasteiger partial charge on any atom is 0.338 e. The monoisotopic (exact) mass is 249 g/mol. The molecule has 0 radical (unpaired) electrons. The van der Waals surface area contributed by atoms with E-state index in [1.165, 1.54) is 12.1 Å². The highest BCUT2D eigenvalue weighted by Gasteiger charge is 2.24. The molecule has 18 heavy (non-hydrogen) atoms. The van der Waals surface area contributed by atoms with Crippen molar-refractivity contribution >= 4 is 16.9 Å². The van der Waals surface area contributed by atoms with E-state index >= 15 is 0 Å². The molecule has 0 aliphatic heterocycles. The lowest BCUT2D eigenvalue weighted by molar-refractivity contribution is 0.0689. The topological polar surface area (TPSA) is 82.7 Å². The molecule has 3 N–H and O–H groups in total. The van der Waals surface area contributed by atoms with Crippen LogP contribution in [-0.4, -0.2) is 25.9 Å². The summed E-state index contributed by atoms with van der Waals surface area (Å²) in [7, 11) is 1.71. The fourth-order valence-electron chi connectivity index (χ4n) is 2.26. The van der Waals surface area contributed by atoms with Crippen molar-refractivity contribution < 1.29 is 20.1 Å². The Kier molecular flexibility index (Phi) is 3.00. The van der Waals surface area contributed by atoms with Gasteiger partial charge in [0.15, 0.2) is 0 Å². The van der Waals surface area contributed by atoms with Crippen molar-refractivity contribution in [2.45, 2.75) is 19.4 Å². The molecule has 0 saturated carbocycles. The van der Waals surface area contributed by atoms with Gasteiger partial charge in [0.1, 0.15) is 5.75 Å². The molecule has 0 aliphatic rings. The third-order valence-electron chi connectivity index (χ3n) is 3.14. The van der Waals surface area contributed by atoms with Crippen molar-refractivity contribution in [1.82, 2.24) is 4.57 Å². The summed E-state index contributed by atoms with van der Waals surface area (Å²) in [6, 6.07) is 4.55. The number of aromatic carboxylic acids is 1. The molecular formula is C13H15NO4. The molecule has 0 unspecified atom stereocenters. The molecule has 0 bridgehead atoms. The first-order chi connectivity index (χ1) is 8.47. The Labute approximate surface area is 104 Å². The lowest BCUT2D eigenvalue weighted by Gasteiger charge is -2.11. The molecule has 2 aromatic rings. The predicted molar refractivity (Wildman–Crippen MR) is 66.8 cm³/mol. The number of carboxylic acids is 1. The Morgan fingerprint density at radius 1 is 1.44 bits per heavy atom. The Morgan fingerprint density at radius 3 is 2.67 bits per heavy atom. The van der Waals surface area contributed by atoms with Crippen molar-refractivity contribution in [1.29, 1.82) is 0 Å². The molecule has 0 aliphatic carbocycles. The standard InChI is InChI=1S/C13H15NO4/c1-3-10(16)12-11(13(17)18)8-6-7(15)4-5-9(8)14(12)2/h4-6,10,15-16H,3H2,1-2H3,(H,17,18)/t10-/m0/s1. The number of aromatic hydroxyl groups is 1. The summed E-state index contributed by atoms with van der Waals surface area (Å²) < 4.78 is 1.66. The fraction of sp³-hybridized carbons (Fsp3) is 0.308. The summed E-state index contributed by atoms with van der Waals surface area (Å²) in [5, 5.41) is 29.2. The minimum atomic E-state index is -1.10. The van der Waals surface area contributed by atoms with Gasteiger partial charge in [0.25, 0.3) is 0 Å². The van der Waals surface area contributed by atoms with Crippen LogP contribution < -0.4 is 0 Å². The minimum Gasteiger partial charge on any atom is -0.508 e. The molecule has 0 amide bonds. The number of benzene rings is 1. The highest BCUT2D eigenvalue weighted by atomic mass is 16.4. The van der Waals surface area contributed by atoms with E-state index in [9.17, 15) is 20.1 Å². The fourth-order valence-corrected chi connectivity index (χ4v) is 2.26. The predicted octanol–water partition coefficient (Wildman–Crippen LogP) is 2.03. The minimum absolute atomic E-state index is 0.00754. The molecule has 0 spiro atoms. The SMILES string of the molecule is CC[C@H](O)c1c(C(=O)O)c2cc(O)ccc2n1C. The average Bonchev–Trinajstić information content (AvgIpc) is 2.61. The second-order valence-corrected chi connectivity index (χ2v) is 4.25. The van der Waals surface area contributed by atoms with Crippen LogP contribution in [-0.2, 0) is 7.05 Å². The highest BCUT2D eigenvalue weighted by Crippen LogP contribution is 2.32. The number of aliphatic hydroxyl groups is 1. The number of hydrogen-bond acceptors (Lipinski definition) is 3. The average molecular weight is 249 g/mol. The van der Waals surface area contributed by atoms with E-state index in [2.05, 4.69) is 0 Å². The van der Waals surface area contributed by atoms with Crippen LogP contribution in [0.5, 0.6) is 5.75 Å². The first kappa shape index (κ1) is 12.4. The first-order valence-electron chi connectivity index (χ1n) is 5.70. The van der Waals surface area contributed by atoms with Gasteiger partial charge < -0.3 is 19.9 Å². The number of phenolic OH excluding ortho intramolecular Hbond substituents is 1. The summed E-state index contributed by atoms with van der Waals surface area (Å²) in [5.41, 5.74) is 1.09. The normalized spacial score (nSPS) is 12.8. The zero-order valence-corrected chi connectivity index (χ0v) is 10.2. The summed E-state index contributed by atoms with van der Waals surface area (Å²) >= 11 is 0. The van der Waals surface area contributed by atoms with Gasteiger partial charge in [-0.15, -0.1) is 0 Å². The molecule has 0 saturated heterocycles. The summed E-state index contributed by atoms with van der Waals surface area (Å²) in [5.74, 6) is -1.10. The maximum atomic E-state index is 11.4. The van der Waals surface area contributed by atoms with Gasteiger partial charge in [-0.05, 0) is 24.6 Å². The van der Waals surface area contributed by atoms with Gasteiger partial charge in [-0.1, -0.05) is 6.92 Å². The highest BCUT2D eigenvalue weighted by molar-refractivity contribution is 6.05. The summed E-state index contributed by atoms with van der Waals surface area (Å²) in [4.78, 5) is 11.4. The van der Waals surface area contributed by atoms with Gasteiger partial charge >= 0.3 is 5.97 Å². The molecule has 1 aromatic carbocycles. The Balaban J connectivity index is 2.88. The number of aryl methyl sites for hydroxylation is 1. The van der Waals surface area contributed by atoms with Gasteiger partial charge in [0, 0.05) is 18.0 Å². The van der Waals surface area contributed by atoms with Crippen LogP contribution in [0, 0.1) is 0 Å². The van der Waals surface area contributed by atoms with Crippen molar-refractivity contribution in [2.24, 2.45) is 7.05 Å². The first-order valence-corrected chi connectivity index (χ1v) is 5.70. The van der Waals surface area contributed by atoms with Crippen LogP contribution in [0.1, 0.15) is 35.5 Å². The number of aliphatic hydroxyl groups excluding tert-OH is 1. The van der Waals surface area contributed by atoms with E-state index in [1.54, 1.807) is 24.6 Å². The summed E-state index contributed by atoms with van der Waals surface area (Å²) in [6.07, 6.45) is -0.410. The van der Waals surface area contributed by atoms with Gasteiger partial charge in [-0.3, -0.25) is 0 Å². The number of hydrogen-bond donors (Lipinski definition) is 3. The summed E-state index contributed by atoms with van der Waals surface area (Å²) in [6.45, 7) is 1.78. The van der Waals surface area contributed by atoms with Crippen LogP contribution in [0.2, 0.25) is 0 Å². The van der Waals surface area contributed by atoms with Crippen LogP contribution in [0.15, 0.2) is 18.2 Å². The molecular weight excluding hydrogens is 234 g/mol. The number of carboxylic acid groups (broad SMARTS) is 1.